The van der Waals surface area contributed by atoms with Gasteiger partial charge in [-0.1, -0.05) is 12.1 Å². The number of carbonyl (C=O) groups is 1. The molecule has 0 radical (unpaired) electrons. The summed E-state index contributed by atoms with van der Waals surface area (Å²) in [6.45, 7) is 5.18. The Morgan fingerprint density at radius 1 is 1.06 bits per heavy atom. The maximum atomic E-state index is 12.1. The number of nitrogens with two attached hydrogens (primary N) is 1. The molecule has 178 valence electrons. The van der Waals surface area contributed by atoms with Crippen LogP contribution in [0.1, 0.15) is 28.5 Å². The average Bonchev–Trinajstić information content (AvgIpc) is 3.54. The number of methoxy groups -OCH3 is 1. The third-order valence-corrected chi connectivity index (χ3v) is 5.95. The number of rotatable bonds is 7. The lowest BCUT2D eigenvalue weighted by Crippen LogP contribution is -2.12. The Hall–Kier alpha value is -4.47. The molecule has 0 aliphatic carbocycles. The van der Waals surface area contributed by atoms with Crippen molar-refractivity contribution in [3.05, 3.63) is 65.5 Å². The summed E-state index contributed by atoms with van der Waals surface area (Å²) in [5, 5.41) is 19.1. The summed E-state index contributed by atoms with van der Waals surface area (Å²) in [6, 6.07) is 13.3. The molecule has 0 spiro atoms. The van der Waals surface area contributed by atoms with Crippen LogP contribution in [0.25, 0.3) is 33.8 Å². The van der Waals surface area contributed by atoms with Crippen molar-refractivity contribution in [2.24, 2.45) is 12.8 Å². The predicted molar refractivity (Wildman–Crippen MR) is 132 cm³/mol. The Morgan fingerprint density at radius 2 is 1.80 bits per heavy atom. The van der Waals surface area contributed by atoms with Gasteiger partial charge in [-0.3, -0.25) is 14.2 Å². The molecule has 10 nitrogen and oxygen atoms in total. The highest BCUT2D eigenvalue weighted by molar-refractivity contribution is 6.02. The second-order valence-corrected chi connectivity index (χ2v) is 8.39. The molecule has 35 heavy (non-hydrogen) atoms. The van der Waals surface area contributed by atoms with Crippen LogP contribution in [0.5, 0.6) is 5.75 Å². The van der Waals surface area contributed by atoms with Gasteiger partial charge in [0.25, 0.3) is 0 Å². The van der Waals surface area contributed by atoms with E-state index in [-0.39, 0.29) is 0 Å². The largest absolute Gasteiger partial charge is 0.497 e. The van der Waals surface area contributed by atoms with E-state index in [4.69, 9.17) is 10.5 Å². The molecular weight excluding hydrogens is 444 g/mol. The summed E-state index contributed by atoms with van der Waals surface area (Å²) >= 11 is 0. The van der Waals surface area contributed by atoms with Crippen molar-refractivity contribution < 1.29 is 9.53 Å². The number of aromatic nitrogens is 7. The van der Waals surface area contributed by atoms with Crippen LogP contribution in [0.15, 0.2) is 48.7 Å². The summed E-state index contributed by atoms with van der Waals surface area (Å²) in [6.07, 6.45) is 1.90. The van der Waals surface area contributed by atoms with Gasteiger partial charge in [-0.25, -0.2) is 0 Å². The van der Waals surface area contributed by atoms with E-state index < -0.39 is 5.91 Å². The number of ether oxygens (including phenoxy) is 1. The molecule has 2 N–H and O–H groups in total. The standard InChI is InChI=1S/C25H26N8O2/c1-5-33-22(10-15(2)29-33)25-28-27-24(32(25)13-16-6-8-18(35-4)9-7-16)19-11-17(23(26)34)12-21-20(19)14-31(3)30-21/h6-12,14H,5,13H2,1-4H3,(H2,26,34). The van der Waals surface area contributed by atoms with E-state index in [0.29, 0.717) is 35.8 Å². The van der Waals surface area contributed by atoms with E-state index in [1.807, 2.05) is 66.7 Å². The van der Waals surface area contributed by atoms with Crippen LogP contribution in [0, 0.1) is 6.92 Å². The number of hydrogen-bond acceptors (Lipinski definition) is 6. The number of benzene rings is 2. The molecule has 3 heterocycles. The number of aryl methyl sites for hydroxylation is 3. The summed E-state index contributed by atoms with van der Waals surface area (Å²) < 4.78 is 11.0. The molecule has 1 amide bonds. The Labute approximate surface area is 201 Å². The van der Waals surface area contributed by atoms with Crippen LogP contribution in [0.4, 0.5) is 0 Å². The lowest BCUT2D eigenvalue weighted by atomic mass is 10.0. The molecule has 0 fully saturated rings. The van der Waals surface area contributed by atoms with E-state index in [1.165, 1.54) is 0 Å². The van der Waals surface area contributed by atoms with E-state index in [9.17, 15) is 4.79 Å². The van der Waals surface area contributed by atoms with Crippen LogP contribution in [0.3, 0.4) is 0 Å². The molecular formula is C25H26N8O2. The maximum Gasteiger partial charge on any atom is 0.248 e. The summed E-state index contributed by atoms with van der Waals surface area (Å²) in [5.74, 6) is 1.54. The molecule has 0 atom stereocenters. The van der Waals surface area contributed by atoms with E-state index in [2.05, 4.69) is 20.4 Å². The fraction of sp³-hybridized carbons (Fsp3) is 0.240. The van der Waals surface area contributed by atoms with E-state index >= 15 is 0 Å². The third kappa shape index (κ3) is 4.03. The Kier molecular flexibility index (Phi) is 5.56. The lowest BCUT2D eigenvalue weighted by Gasteiger charge is -2.13. The highest BCUT2D eigenvalue weighted by Crippen LogP contribution is 2.32. The van der Waals surface area contributed by atoms with Gasteiger partial charge in [0.2, 0.25) is 5.91 Å². The van der Waals surface area contributed by atoms with Crippen LogP contribution in [0.2, 0.25) is 0 Å². The molecule has 0 aliphatic heterocycles. The first kappa shape index (κ1) is 22.3. The zero-order chi connectivity index (χ0) is 24.7. The molecule has 2 aromatic carbocycles. The number of carbonyl (C=O) groups excluding carboxylic acids is 1. The minimum atomic E-state index is -0.528. The van der Waals surface area contributed by atoms with E-state index in [0.717, 1.165) is 33.7 Å². The number of nitrogens with zero attached hydrogens (tertiary/aromatic N) is 7. The quantitative estimate of drug-likeness (QED) is 0.390. The van der Waals surface area contributed by atoms with E-state index in [1.54, 1.807) is 23.9 Å². The zero-order valence-corrected chi connectivity index (χ0v) is 20.1. The average molecular weight is 471 g/mol. The number of fused-ring (bicyclic) bond motifs is 1. The zero-order valence-electron chi connectivity index (χ0n) is 20.1. The van der Waals surface area contributed by atoms with Gasteiger partial charge in [0.15, 0.2) is 11.6 Å². The first-order valence-corrected chi connectivity index (χ1v) is 11.3. The van der Waals surface area contributed by atoms with Gasteiger partial charge >= 0.3 is 0 Å². The van der Waals surface area contributed by atoms with Gasteiger partial charge < -0.3 is 15.0 Å². The highest BCUT2D eigenvalue weighted by atomic mass is 16.5. The smallest absolute Gasteiger partial charge is 0.248 e. The van der Waals surface area contributed by atoms with Crippen LogP contribution in [-0.4, -0.2) is 47.3 Å². The van der Waals surface area contributed by atoms with Gasteiger partial charge in [-0.15, -0.1) is 10.2 Å². The molecule has 0 aliphatic rings. The molecule has 3 aromatic heterocycles. The monoisotopic (exact) mass is 470 g/mol. The highest BCUT2D eigenvalue weighted by Gasteiger charge is 2.22. The topological polar surface area (TPSA) is 119 Å². The first-order chi connectivity index (χ1) is 16.9. The lowest BCUT2D eigenvalue weighted by molar-refractivity contribution is 0.100. The third-order valence-electron chi connectivity index (χ3n) is 5.95. The Morgan fingerprint density at radius 3 is 2.49 bits per heavy atom. The summed E-state index contributed by atoms with van der Waals surface area (Å²) in [4.78, 5) is 12.1. The number of primary amides is 1. The molecule has 5 aromatic rings. The van der Waals surface area contributed by atoms with Gasteiger partial charge in [0, 0.05) is 36.3 Å². The second kappa shape index (κ2) is 8.71. The molecule has 0 unspecified atom stereocenters. The molecule has 0 saturated heterocycles. The van der Waals surface area contributed by atoms with Crippen molar-refractivity contribution in [1.82, 2.24) is 34.3 Å². The fourth-order valence-corrected chi connectivity index (χ4v) is 4.29. The molecule has 0 bridgehead atoms. The SMILES string of the molecule is CCn1nc(C)cc1-c1nnc(-c2cc(C(N)=O)cc3nn(C)cc23)n1Cc1ccc(OC)cc1. The summed E-state index contributed by atoms with van der Waals surface area (Å²) in [5.41, 5.74) is 10.2. The van der Waals surface area contributed by atoms with Crippen molar-refractivity contribution in [1.29, 1.82) is 0 Å². The number of amides is 1. The van der Waals surface area contributed by atoms with Gasteiger partial charge in [0.05, 0.1) is 24.9 Å². The Bertz CT molecular complexity index is 1540. The molecule has 0 saturated carbocycles. The van der Waals surface area contributed by atoms with Gasteiger partial charge in [-0.05, 0) is 49.7 Å². The van der Waals surface area contributed by atoms with Crippen molar-refractivity contribution in [3.63, 3.8) is 0 Å². The van der Waals surface area contributed by atoms with Crippen LogP contribution in [-0.2, 0) is 20.1 Å². The maximum absolute atomic E-state index is 12.1. The van der Waals surface area contributed by atoms with Crippen molar-refractivity contribution in [2.75, 3.05) is 7.11 Å². The fourth-order valence-electron chi connectivity index (χ4n) is 4.29. The van der Waals surface area contributed by atoms with Crippen molar-refractivity contribution in [3.8, 4) is 28.7 Å². The predicted octanol–water partition coefficient (Wildman–Crippen LogP) is 3.18. The van der Waals surface area contributed by atoms with Gasteiger partial charge in [-0.2, -0.15) is 10.2 Å². The summed E-state index contributed by atoms with van der Waals surface area (Å²) in [7, 11) is 3.48. The minimum absolute atomic E-state index is 0.362. The van der Waals surface area contributed by atoms with Crippen molar-refractivity contribution in [2.45, 2.75) is 26.9 Å². The normalized spacial score (nSPS) is 11.3. The Balaban J connectivity index is 1.75. The first-order valence-electron chi connectivity index (χ1n) is 11.3. The molecule has 5 rings (SSSR count). The van der Waals surface area contributed by atoms with Crippen molar-refractivity contribution >= 4 is 16.8 Å². The van der Waals surface area contributed by atoms with Crippen LogP contribution >= 0.6 is 0 Å². The second-order valence-electron chi connectivity index (χ2n) is 8.39. The molecule has 10 heteroatoms. The number of hydrogen-bond donors (Lipinski definition) is 1. The van der Waals surface area contributed by atoms with Gasteiger partial charge in [0.1, 0.15) is 11.4 Å². The minimum Gasteiger partial charge on any atom is -0.497 e. The van der Waals surface area contributed by atoms with Crippen LogP contribution < -0.4 is 10.5 Å².